The second-order valence-electron chi connectivity index (χ2n) is 5.97. The predicted octanol–water partition coefficient (Wildman–Crippen LogP) is 4.77. The standard InChI is InChI=1S/C17H23N3S/c1-12(13-8-4-2-5-9-13)19-17-15(16(18)20-21-17)14-10-6-3-7-11-14/h3,6-7,10-13,19H,2,4-5,8-9H2,1H3,(H2,18,20). The highest BCUT2D eigenvalue weighted by Gasteiger charge is 2.22. The van der Waals surface area contributed by atoms with Crippen molar-refractivity contribution in [1.29, 1.82) is 0 Å². The van der Waals surface area contributed by atoms with Gasteiger partial charge in [0.1, 0.15) is 10.8 Å². The molecule has 1 atom stereocenters. The van der Waals surface area contributed by atoms with Gasteiger partial charge in [0.05, 0.1) is 5.56 Å². The Morgan fingerprint density at radius 1 is 1.19 bits per heavy atom. The maximum atomic E-state index is 6.09. The molecule has 1 heterocycles. The van der Waals surface area contributed by atoms with E-state index < -0.39 is 0 Å². The van der Waals surface area contributed by atoms with Gasteiger partial charge in [-0.3, -0.25) is 0 Å². The Kier molecular flexibility index (Phi) is 4.44. The summed E-state index contributed by atoms with van der Waals surface area (Å²) in [7, 11) is 0. The van der Waals surface area contributed by atoms with Crippen LogP contribution in [0.15, 0.2) is 30.3 Å². The van der Waals surface area contributed by atoms with Crippen LogP contribution in [0.2, 0.25) is 0 Å². The number of nitrogens with zero attached hydrogens (tertiary/aromatic N) is 1. The number of aromatic nitrogens is 1. The lowest BCUT2D eigenvalue weighted by atomic mass is 9.84. The van der Waals surface area contributed by atoms with Crippen molar-refractivity contribution in [3.05, 3.63) is 30.3 Å². The summed E-state index contributed by atoms with van der Waals surface area (Å²) in [6.07, 6.45) is 6.80. The van der Waals surface area contributed by atoms with Crippen LogP contribution >= 0.6 is 11.5 Å². The van der Waals surface area contributed by atoms with Gasteiger partial charge in [-0.25, -0.2) is 0 Å². The van der Waals surface area contributed by atoms with Crippen molar-refractivity contribution in [2.45, 2.75) is 45.1 Å². The van der Waals surface area contributed by atoms with Crippen LogP contribution in [0.5, 0.6) is 0 Å². The highest BCUT2D eigenvalue weighted by molar-refractivity contribution is 7.11. The molecule has 1 fully saturated rings. The zero-order valence-corrected chi connectivity index (χ0v) is 13.3. The largest absolute Gasteiger partial charge is 0.382 e. The highest BCUT2D eigenvalue weighted by atomic mass is 32.1. The van der Waals surface area contributed by atoms with Crippen LogP contribution in [0.1, 0.15) is 39.0 Å². The monoisotopic (exact) mass is 301 g/mol. The topological polar surface area (TPSA) is 50.9 Å². The van der Waals surface area contributed by atoms with Gasteiger partial charge in [-0.05, 0) is 42.8 Å². The molecular formula is C17H23N3S. The number of nitrogens with two attached hydrogens (primary N) is 1. The first-order valence-electron chi connectivity index (χ1n) is 7.83. The molecule has 112 valence electrons. The van der Waals surface area contributed by atoms with E-state index in [9.17, 15) is 0 Å². The Morgan fingerprint density at radius 2 is 1.90 bits per heavy atom. The van der Waals surface area contributed by atoms with Gasteiger partial charge < -0.3 is 11.1 Å². The molecule has 3 rings (SSSR count). The highest BCUT2D eigenvalue weighted by Crippen LogP contribution is 2.38. The molecule has 1 saturated carbocycles. The van der Waals surface area contributed by atoms with E-state index in [2.05, 4.69) is 28.7 Å². The number of nitrogens with one attached hydrogen (secondary N) is 1. The van der Waals surface area contributed by atoms with Gasteiger partial charge in [0.15, 0.2) is 0 Å². The molecule has 1 aromatic carbocycles. The second kappa shape index (κ2) is 6.48. The first kappa shape index (κ1) is 14.4. The average molecular weight is 301 g/mol. The van der Waals surface area contributed by atoms with E-state index in [0.717, 1.165) is 22.0 Å². The van der Waals surface area contributed by atoms with Gasteiger partial charge in [-0.2, -0.15) is 4.37 Å². The third-order valence-electron chi connectivity index (χ3n) is 4.50. The first-order chi connectivity index (χ1) is 10.3. The van der Waals surface area contributed by atoms with E-state index in [-0.39, 0.29) is 0 Å². The molecule has 1 unspecified atom stereocenters. The van der Waals surface area contributed by atoms with Crippen LogP contribution in [0, 0.1) is 5.92 Å². The molecule has 1 aliphatic carbocycles. The fourth-order valence-electron chi connectivity index (χ4n) is 3.24. The molecule has 2 aromatic rings. The van der Waals surface area contributed by atoms with Crippen molar-refractivity contribution in [3.63, 3.8) is 0 Å². The average Bonchev–Trinajstić information content (AvgIpc) is 2.89. The van der Waals surface area contributed by atoms with E-state index in [1.54, 1.807) is 0 Å². The van der Waals surface area contributed by atoms with Crippen molar-refractivity contribution in [3.8, 4) is 11.1 Å². The quantitative estimate of drug-likeness (QED) is 0.855. The summed E-state index contributed by atoms with van der Waals surface area (Å²) in [5.74, 6) is 1.40. The number of anilines is 2. The lowest BCUT2D eigenvalue weighted by Gasteiger charge is -2.28. The van der Waals surface area contributed by atoms with Gasteiger partial charge in [0, 0.05) is 6.04 Å². The van der Waals surface area contributed by atoms with Gasteiger partial charge >= 0.3 is 0 Å². The van der Waals surface area contributed by atoms with Gasteiger partial charge in [-0.15, -0.1) is 0 Å². The first-order valence-corrected chi connectivity index (χ1v) is 8.60. The molecule has 0 aliphatic heterocycles. The fraction of sp³-hybridized carbons (Fsp3) is 0.471. The van der Waals surface area contributed by atoms with E-state index in [1.807, 2.05) is 18.2 Å². The molecule has 0 saturated heterocycles. The minimum absolute atomic E-state index is 0.479. The third-order valence-corrected chi connectivity index (χ3v) is 5.29. The molecule has 0 amide bonds. The van der Waals surface area contributed by atoms with Gasteiger partial charge in [0.25, 0.3) is 0 Å². The van der Waals surface area contributed by atoms with E-state index in [4.69, 9.17) is 5.73 Å². The van der Waals surface area contributed by atoms with E-state index >= 15 is 0 Å². The van der Waals surface area contributed by atoms with Crippen LogP contribution in [0.4, 0.5) is 10.8 Å². The zero-order valence-electron chi connectivity index (χ0n) is 12.5. The zero-order chi connectivity index (χ0) is 14.7. The van der Waals surface area contributed by atoms with E-state index in [1.165, 1.54) is 43.6 Å². The molecule has 21 heavy (non-hydrogen) atoms. The second-order valence-corrected chi connectivity index (χ2v) is 6.74. The molecule has 4 heteroatoms. The van der Waals surface area contributed by atoms with Crippen LogP contribution in [0.3, 0.4) is 0 Å². The Hall–Kier alpha value is -1.55. The summed E-state index contributed by atoms with van der Waals surface area (Å²) in [5, 5.41) is 4.78. The fourth-order valence-corrected chi connectivity index (χ4v) is 4.08. The maximum Gasteiger partial charge on any atom is 0.147 e. The normalized spacial score (nSPS) is 17.6. The summed E-state index contributed by atoms with van der Waals surface area (Å²) in [6, 6.07) is 10.8. The minimum Gasteiger partial charge on any atom is -0.382 e. The van der Waals surface area contributed by atoms with Crippen molar-refractivity contribution in [1.82, 2.24) is 4.37 Å². The molecule has 1 aromatic heterocycles. The maximum absolute atomic E-state index is 6.09. The number of hydrogen-bond donors (Lipinski definition) is 2. The van der Waals surface area contributed by atoms with Gasteiger partial charge in [-0.1, -0.05) is 49.6 Å². The summed E-state index contributed by atoms with van der Waals surface area (Å²) in [6.45, 7) is 2.29. The molecule has 0 bridgehead atoms. The molecule has 1 aliphatic rings. The summed E-state index contributed by atoms with van der Waals surface area (Å²) >= 11 is 1.48. The van der Waals surface area contributed by atoms with Gasteiger partial charge in [0.2, 0.25) is 0 Å². The molecule has 3 N–H and O–H groups in total. The molecule has 0 spiro atoms. The Bertz CT molecular complexity index is 573. The summed E-state index contributed by atoms with van der Waals surface area (Å²) in [5.41, 5.74) is 8.29. The number of benzene rings is 1. The Labute approximate surface area is 130 Å². The van der Waals surface area contributed by atoms with E-state index in [0.29, 0.717) is 11.9 Å². The lowest BCUT2D eigenvalue weighted by molar-refractivity contribution is 0.329. The summed E-state index contributed by atoms with van der Waals surface area (Å²) < 4.78 is 4.35. The number of rotatable bonds is 4. The molecule has 0 radical (unpaired) electrons. The SMILES string of the molecule is CC(Nc1snc(N)c1-c1ccccc1)C1CCCCC1. The summed E-state index contributed by atoms with van der Waals surface area (Å²) in [4.78, 5) is 0. The van der Waals surface area contributed by atoms with Crippen LogP contribution < -0.4 is 11.1 Å². The van der Waals surface area contributed by atoms with Crippen LogP contribution in [0.25, 0.3) is 11.1 Å². The molecule has 3 nitrogen and oxygen atoms in total. The van der Waals surface area contributed by atoms with Crippen LogP contribution in [-0.4, -0.2) is 10.4 Å². The third kappa shape index (κ3) is 3.21. The Balaban J connectivity index is 1.80. The van der Waals surface area contributed by atoms with Crippen molar-refractivity contribution < 1.29 is 0 Å². The minimum atomic E-state index is 0.479. The number of hydrogen-bond acceptors (Lipinski definition) is 4. The smallest absolute Gasteiger partial charge is 0.147 e. The van der Waals surface area contributed by atoms with Crippen LogP contribution in [-0.2, 0) is 0 Å². The lowest BCUT2D eigenvalue weighted by Crippen LogP contribution is -2.27. The number of nitrogen functional groups attached to an aromatic ring is 1. The van der Waals surface area contributed by atoms with Crippen molar-refractivity contribution >= 4 is 22.4 Å². The molecular weight excluding hydrogens is 278 g/mol. The Morgan fingerprint density at radius 3 is 2.62 bits per heavy atom. The van der Waals surface area contributed by atoms with Crippen molar-refractivity contribution in [2.75, 3.05) is 11.1 Å². The van der Waals surface area contributed by atoms with Crippen molar-refractivity contribution in [2.24, 2.45) is 5.92 Å². The predicted molar refractivity (Wildman–Crippen MR) is 91.6 cm³/mol.